The van der Waals surface area contributed by atoms with Gasteiger partial charge in [-0.05, 0) is 25.8 Å². The summed E-state index contributed by atoms with van der Waals surface area (Å²) >= 11 is 0. The Balaban J connectivity index is 2.16. The van der Waals surface area contributed by atoms with E-state index < -0.39 is 17.2 Å². The summed E-state index contributed by atoms with van der Waals surface area (Å²) in [6, 6.07) is 0.455. The van der Waals surface area contributed by atoms with Gasteiger partial charge in [0.05, 0.1) is 13.7 Å². The molecule has 0 unspecified atom stereocenters. The molecule has 0 N–H and O–H groups in total. The number of carbonyl (C=O) groups is 1. The second-order valence-corrected chi connectivity index (χ2v) is 7.10. The van der Waals surface area contributed by atoms with Crippen molar-refractivity contribution in [1.29, 1.82) is 0 Å². The van der Waals surface area contributed by atoms with E-state index in [0.29, 0.717) is 24.1 Å². The third kappa shape index (κ3) is 3.43. The Morgan fingerprint density at radius 2 is 1.96 bits per heavy atom. The van der Waals surface area contributed by atoms with Crippen molar-refractivity contribution in [3.8, 4) is 0 Å². The fourth-order valence-electron chi connectivity index (χ4n) is 3.89. The average molecular weight is 377 g/mol. The molecule has 0 saturated carbocycles. The van der Waals surface area contributed by atoms with Crippen molar-refractivity contribution in [2.45, 2.75) is 51.7 Å². The molecule has 1 aliphatic heterocycles. The van der Waals surface area contributed by atoms with E-state index in [1.165, 1.54) is 25.1 Å². The van der Waals surface area contributed by atoms with E-state index in [1.54, 1.807) is 11.6 Å². The van der Waals surface area contributed by atoms with Crippen molar-refractivity contribution in [2.24, 2.45) is 14.1 Å². The molecule has 27 heavy (non-hydrogen) atoms. The number of imidazole rings is 1. The van der Waals surface area contributed by atoms with Gasteiger partial charge in [-0.15, -0.1) is 0 Å². The van der Waals surface area contributed by atoms with Crippen molar-refractivity contribution in [3.05, 3.63) is 26.7 Å². The molecular formula is C18H27N5O4. The predicted molar refractivity (Wildman–Crippen MR) is 101 cm³/mol. The molecule has 0 bridgehead atoms. The van der Waals surface area contributed by atoms with Crippen LogP contribution in [-0.2, 0) is 36.7 Å². The quantitative estimate of drug-likeness (QED) is 0.699. The Labute approximate surface area is 157 Å². The van der Waals surface area contributed by atoms with Crippen LogP contribution in [0.2, 0.25) is 0 Å². The highest BCUT2D eigenvalue weighted by Crippen LogP contribution is 2.22. The van der Waals surface area contributed by atoms with Gasteiger partial charge in [0.2, 0.25) is 0 Å². The van der Waals surface area contributed by atoms with Crippen molar-refractivity contribution < 1.29 is 9.53 Å². The van der Waals surface area contributed by atoms with E-state index in [-0.39, 0.29) is 12.1 Å². The Morgan fingerprint density at radius 1 is 1.22 bits per heavy atom. The van der Waals surface area contributed by atoms with Gasteiger partial charge in [-0.2, -0.15) is 0 Å². The molecule has 0 aromatic carbocycles. The number of piperidine rings is 1. The molecule has 3 heterocycles. The lowest BCUT2D eigenvalue weighted by molar-refractivity contribution is -0.141. The molecule has 9 nitrogen and oxygen atoms in total. The SMILES string of the molecule is CC[C@H]1CCCCN1Cc1nc2c(c(=O)n(C)c(=O)n2C)n1CC(=O)OC. The van der Waals surface area contributed by atoms with Crippen LogP contribution in [0.25, 0.3) is 11.2 Å². The van der Waals surface area contributed by atoms with Gasteiger partial charge in [-0.3, -0.25) is 23.6 Å². The smallest absolute Gasteiger partial charge is 0.332 e. The van der Waals surface area contributed by atoms with E-state index in [1.807, 2.05) is 0 Å². The first-order valence-electron chi connectivity index (χ1n) is 9.35. The van der Waals surface area contributed by atoms with Crippen LogP contribution in [0.1, 0.15) is 38.4 Å². The summed E-state index contributed by atoms with van der Waals surface area (Å²) in [6.45, 7) is 3.54. The summed E-state index contributed by atoms with van der Waals surface area (Å²) in [4.78, 5) is 43.9. The standard InChI is InChI=1S/C18H27N5O4/c1-5-12-8-6-7-9-22(12)10-13-19-16-15(23(13)11-14(24)27-4)17(25)21(3)18(26)20(16)2/h12H,5-11H2,1-4H3/t12-/m0/s1. The van der Waals surface area contributed by atoms with E-state index in [0.717, 1.165) is 30.4 Å². The lowest BCUT2D eigenvalue weighted by Gasteiger charge is -2.34. The molecule has 9 heteroatoms. The van der Waals surface area contributed by atoms with Crippen molar-refractivity contribution >= 4 is 17.1 Å². The summed E-state index contributed by atoms with van der Waals surface area (Å²) in [5.74, 6) is 0.145. The first kappa shape index (κ1) is 19.3. The van der Waals surface area contributed by atoms with Crippen LogP contribution < -0.4 is 11.2 Å². The molecule has 148 valence electrons. The van der Waals surface area contributed by atoms with Crippen LogP contribution in [0.15, 0.2) is 9.59 Å². The first-order valence-corrected chi connectivity index (χ1v) is 9.35. The number of ether oxygens (including phenoxy) is 1. The van der Waals surface area contributed by atoms with Crippen LogP contribution >= 0.6 is 0 Å². The fraction of sp³-hybridized carbons (Fsp3) is 0.667. The number of hydrogen-bond donors (Lipinski definition) is 0. The molecule has 1 fully saturated rings. The van der Waals surface area contributed by atoms with Gasteiger partial charge in [0, 0.05) is 20.1 Å². The van der Waals surface area contributed by atoms with Crippen LogP contribution in [-0.4, -0.2) is 49.3 Å². The molecular weight excluding hydrogens is 350 g/mol. The molecule has 1 saturated heterocycles. The minimum atomic E-state index is -0.461. The highest BCUT2D eigenvalue weighted by molar-refractivity contribution is 5.75. The third-order valence-corrected chi connectivity index (χ3v) is 5.51. The Kier molecular flexibility index (Phi) is 5.50. The van der Waals surface area contributed by atoms with E-state index in [9.17, 15) is 14.4 Å². The molecule has 0 spiro atoms. The summed E-state index contributed by atoms with van der Waals surface area (Å²) in [7, 11) is 4.32. The number of nitrogens with zero attached hydrogens (tertiary/aromatic N) is 5. The normalized spacial score (nSPS) is 18.1. The monoisotopic (exact) mass is 377 g/mol. The minimum absolute atomic E-state index is 0.111. The van der Waals surface area contributed by atoms with E-state index in [2.05, 4.69) is 16.8 Å². The number of likely N-dealkylation sites (tertiary alicyclic amines) is 1. The highest BCUT2D eigenvalue weighted by Gasteiger charge is 2.26. The molecule has 0 radical (unpaired) electrons. The molecule has 1 atom stereocenters. The zero-order valence-corrected chi connectivity index (χ0v) is 16.4. The van der Waals surface area contributed by atoms with Crippen molar-refractivity contribution in [2.75, 3.05) is 13.7 Å². The average Bonchev–Trinajstić information content (AvgIpc) is 3.03. The van der Waals surface area contributed by atoms with Gasteiger partial charge in [0.25, 0.3) is 5.56 Å². The molecule has 2 aromatic heterocycles. The molecule has 1 aliphatic rings. The second kappa shape index (κ2) is 7.67. The number of rotatable bonds is 5. The largest absolute Gasteiger partial charge is 0.468 e. The summed E-state index contributed by atoms with van der Waals surface area (Å²) in [5, 5.41) is 0. The maximum absolute atomic E-state index is 12.7. The Morgan fingerprint density at radius 3 is 2.63 bits per heavy atom. The second-order valence-electron chi connectivity index (χ2n) is 7.10. The first-order chi connectivity index (χ1) is 12.9. The summed E-state index contributed by atoms with van der Waals surface area (Å²) in [6.07, 6.45) is 4.50. The number of carbonyl (C=O) groups excluding carboxylic acids is 1. The van der Waals surface area contributed by atoms with Gasteiger partial charge in [-0.1, -0.05) is 13.3 Å². The Bertz CT molecular complexity index is 971. The number of aromatic nitrogens is 4. The van der Waals surface area contributed by atoms with Gasteiger partial charge < -0.3 is 9.30 Å². The van der Waals surface area contributed by atoms with E-state index in [4.69, 9.17) is 4.74 Å². The van der Waals surface area contributed by atoms with Gasteiger partial charge >= 0.3 is 11.7 Å². The van der Waals surface area contributed by atoms with Crippen LogP contribution in [0.5, 0.6) is 0 Å². The maximum atomic E-state index is 12.7. The van der Waals surface area contributed by atoms with Crippen LogP contribution in [0.3, 0.4) is 0 Å². The molecule has 0 amide bonds. The van der Waals surface area contributed by atoms with Crippen LogP contribution in [0, 0.1) is 0 Å². The third-order valence-electron chi connectivity index (χ3n) is 5.51. The highest BCUT2D eigenvalue weighted by atomic mass is 16.5. The summed E-state index contributed by atoms with van der Waals surface area (Å²) in [5.41, 5.74) is -0.343. The van der Waals surface area contributed by atoms with Crippen LogP contribution in [0.4, 0.5) is 0 Å². The number of methoxy groups -OCH3 is 1. The van der Waals surface area contributed by atoms with Gasteiger partial charge in [0.1, 0.15) is 12.4 Å². The maximum Gasteiger partial charge on any atom is 0.332 e. The molecule has 0 aliphatic carbocycles. The van der Waals surface area contributed by atoms with E-state index >= 15 is 0 Å². The topological polar surface area (TPSA) is 91.4 Å². The number of hydrogen-bond acceptors (Lipinski definition) is 6. The number of aryl methyl sites for hydroxylation is 1. The lowest BCUT2D eigenvalue weighted by Crippen LogP contribution is -2.39. The molecule has 3 rings (SSSR count). The Hall–Kier alpha value is -2.42. The summed E-state index contributed by atoms with van der Waals surface area (Å²) < 4.78 is 8.79. The van der Waals surface area contributed by atoms with Gasteiger partial charge in [0.15, 0.2) is 11.2 Å². The number of esters is 1. The fourth-order valence-corrected chi connectivity index (χ4v) is 3.89. The van der Waals surface area contributed by atoms with Crippen molar-refractivity contribution in [3.63, 3.8) is 0 Å². The van der Waals surface area contributed by atoms with Crippen molar-refractivity contribution in [1.82, 2.24) is 23.6 Å². The minimum Gasteiger partial charge on any atom is -0.468 e. The predicted octanol–water partition coefficient (Wildman–Crippen LogP) is 0.371. The number of fused-ring (bicyclic) bond motifs is 1. The lowest BCUT2D eigenvalue weighted by atomic mass is 10.0. The zero-order valence-electron chi connectivity index (χ0n) is 16.4. The van der Waals surface area contributed by atoms with Gasteiger partial charge in [-0.25, -0.2) is 9.78 Å². The molecule has 2 aromatic rings. The zero-order chi connectivity index (χ0) is 19.7.